The Balaban J connectivity index is 2.14. The molecule has 0 spiro atoms. The van der Waals surface area contributed by atoms with Crippen molar-refractivity contribution in [3.63, 3.8) is 0 Å². The van der Waals surface area contributed by atoms with Gasteiger partial charge in [0.05, 0.1) is 0 Å². The first-order valence-electron chi connectivity index (χ1n) is 7.23. The van der Waals surface area contributed by atoms with Crippen LogP contribution < -0.4 is 5.32 Å². The minimum absolute atomic E-state index is 0.0989. The number of benzene rings is 1. The van der Waals surface area contributed by atoms with Crippen molar-refractivity contribution < 1.29 is 4.39 Å². The number of rotatable bonds is 9. The Morgan fingerprint density at radius 1 is 1.06 bits per heavy atom. The minimum atomic E-state index is -0.111. The molecule has 0 fully saturated rings. The van der Waals surface area contributed by atoms with E-state index in [1.54, 1.807) is 6.07 Å². The second-order valence-electron chi connectivity index (χ2n) is 4.97. The highest BCUT2D eigenvalue weighted by molar-refractivity contribution is 5.20. The Morgan fingerprint density at radius 2 is 1.72 bits per heavy atom. The molecule has 0 aromatic heterocycles. The van der Waals surface area contributed by atoms with E-state index in [-0.39, 0.29) is 11.9 Å². The number of hydrogen-bond donors (Lipinski definition) is 1. The zero-order valence-corrected chi connectivity index (χ0v) is 11.7. The Morgan fingerprint density at radius 3 is 2.44 bits per heavy atom. The van der Waals surface area contributed by atoms with Crippen molar-refractivity contribution in [2.24, 2.45) is 0 Å². The summed E-state index contributed by atoms with van der Waals surface area (Å²) in [7, 11) is 0. The quantitative estimate of drug-likeness (QED) is 0.619. The van der Waals surface area contributed by atoms with E-state index >= 15 is 0 Å². The van der Waals surface area contributed by atoms with Crippen LogP contribution in [-0.4, -0.2) is 6.54 Å². The van der Waals surface area contributed by atoms with Crippen molar-refractivity contribution >= 4 is 0 Å². The van der Waals surface area contributed by atoms with Crippen molar-refractivity contribution in [1.29, 1.82) is 0 Å². The van der Waals surface area contributed by atoms with Crippen LogP contribution in [0.2, 0.25) is 0 Å². The molecular weight excluding hydrogens is 225 g/mol. The Labute approximate surface area is 111 Å². The van der Waals surface area contributed by atoms with E-state index < -0.39 is 0 Å². The van der Waals surface area contributed by atoms with Crippen LogP contribution in [0.3, 0.4) is 0 Å². The maximum Gasteiger partial charge on any atom is 0.127 e. The van der Waals surface area contributed by atoms with Gasteiger partial charge in [-0.25, -0.2) is 4.39 Å². The van der Waals surface area contributed by atoms with Crippen LogP contribution in [0, 0.1) is 5.82 Å². The first-order chi connectivity index (χ1) is 8.75. The zero-order chi connectivity index (χ0) is 13.2. The van der Waals surface area contributed by atoms with Gasteiger partial charge >= 0.3 is 0 Å². The van der Waals surface area contributed by atoms with Crippen LogP contribution in [0.5, 0.6) is 0 Å². The predicted molar refractivity (Wildman–Crippen MR) is 76.2 cm³/mol. The molecule has 0 saturated heterocycles. The van der Waals surface area contributed by atoms with Crippen LogP contribution in [0.25, 0.3) is 0 Å². The van der Waals surface area contributed by atoms with Gasteiger partial charge in [0, 0.05) is 11.6 Å². The van der Waals surface area contributed by atoms with Gasteiger partial charge in [-0.15, -0.1) is 0 Å². The van der Waals surface area contributed by atoms with Gasteiger partial charge in [-0.3, -0.25) is 0 Å². The van der Waals surface area contributed by atoms with Gasteiger partial charge in [-0.2, -0.15) is 0 Å². The van der Waals surface area contributed by atoms with Crippen LogP contribution in [-0.2, 0) is 0 Å². The van der Waals surface area contributed by atoms with E-state index in [2.05, 4.69) is 12.2 Å². The van der Waals surface area contributed by atoms with E-state index in [1.165, 1.54) is 44.6 Å². The second kappa shape index (κ2) is 9.09. The van der Waals surface area contributed by atoms with E-state index in [9.17, 15) is 4.39 Å². The average molecular weight is 251 g/mol. The van der Waals surface area contributed by atoms with Gasteiger partial charge < -0.3 is 5.32 Å². The van der Waals surface area contributed by atoms with Crippen molar-refractivity contribution in [3.05, 3.63) is 35.6 Å². The molecule has 102 valence electrons. The topological polar surface area (TPSA) is 12.0 Å². The molecule has 1 aromatic carbocycles. The molecule has 0 unspecified atom stereocenters. The third-order valence-corrected chi connectivity index (χ3v) is 3.35. The summed E-state index contributed by atoms with van der Waals surface area (Å²) in [5.74, 6) is -0.111. The molecule has 0 bridgehead atoms. The predicted octanol–water partition coefficient (Wildman–Crippen LogP) is 4.84. The summed E-state index contributed by atoms with van der Waals surface area (Å²) < 4.78 is 13.5. The summed E-state index contributed by atoms with van der Waals surface area (Å²) in [6.07, 6.45) is 7.77. The van der Waals surface area contributed by atoms with Gasteiger partial charge in [0.25, 0.3) is 0 Å². The normalized spacial score (nSPS) is 12.6. The number of halogens is 1. The van der Waals surface area contributed by atoms with Gasteiger partial charge in [0.15, 0.2) is 0 Å². The number of hydrogen-bond acceptors (Lipinski definition) is 1. The van der Waals surface area contributed by atoms with Crippen molar-refractivity contribution in [3.8, 4) is 0 Å². The van der Waals surface area contributed by atoms with Gasteiger partial charge in [-0.05, 0) is 26.0 Å². The Bertz CT molecular complexity index is 325. The molecule has 0 amide bonds. The largest absolute Gasteiger partial charge is 0.310 e. The first kappa shape index (κ1) is 15.2. The summed E-state index contributed by atoms with van der Waals surface area (Å²) in [4.78, 5) is 0. The standard InChI is InChI=1S/C16H26FN/c1-3-4-5-6-7-10-13-18-14(2)15-11-8-9-12-16(15)17/h8-9,11-12,14,18H,3-7,10,13H2,1-2H3/t14-/m1/s1. The average Bonchev–Trinajstić information content (AvgIpc) is 2.38. The molecule has 1 N–H and O–H groups in total. The molecule has 18 heavy (non-hydrogen) atoms. The van der Waals surface area contributed by atoms with E-state index in [1.807, 2.05) is 19.1 Å². The van der Waals surface area contributed by atoms with Crippen LogP contribution in [0.15, 0.2) is 24.3 Å². The summed E-state index contributed by atoms with van der Waals surface area (Å²) in [5, 5.41) is 3.39. The highest BCUT2D eigenvalue weighted by Gasteiger charge is 2.08. The number of nitrogens with one attached hydrogen (secondary N) is 1. The molecule has 0 heterocycles. The Kier molecular flexibility index (Phi) is 7.66. The number of unbranched alkanes of at least 4 members (excludes halogenated alkanes) is 5. The summed E-state index contributed by atoms with van der Waals surface area (Å²) in [6, 6.07) is 7.11. The van der Waals surface area contributed by atoms with Crippen molar-refractivity contribution in [2.75, 3.05) is 6.54 Å². The molecule has 1 atom stereocenters. The first-order valence-corrected chi connectivity index (χ1v) is 7.23. The zero-order valence-electron chi connectivity index (χ0n) is 11.7. The van der Waals surface area contributed by atoms with E-state index in [0.29, 0.717) is 0 Å². The molecule has 0 aliphatic carbocycles. The Hall–Kier alpha value is -0.890. The lowest BCUT2D eigenvalue weighted by molar-refractivity contribution is 0.505. The SMILES string of the molecule is CCCCCCCCN[C@H](C)c1ccccc1F. The second-order valence-corrected chi connectivity index (χ2v) is 4.97. The molecule has 1 nitrogen and oxygen atoms in total. The highest BCUT2D eigenvalue weighted by atomic mass is 19.1. The fourth-order valence-corrected chi connectivity index (χ4v) is 2.16. The maximum atomic E-state index is 13.5. The van der Waals surface area contributed by atoms with Crippen molar-refractivity contribution in [1.82, 2.24) is 5.32 Å². The van der Waals surface area contributed by atoms with E-state index in [0.717, 1.165) is 12.1 Å². The minimum Gasteiger partial charge on any atom is -0.310 e. The fraction of sp³-hybridized carbons (Fsp3) is 0.625. The lowest BCUT2D eigenvalue weighted by atomic mass is 10.1. The summed E-state index contributed by atoms with van der Waals surface area (Å²) >= 11 is 0. The van der Waals surface area contributed by atoms with Crippen LogP contribution in [0.4, 0.5) is 4.39 Å². The summed E-state index contributed by atoms with van der Waals surface area (Å²) in [6.45, 7) is 5.23. The molecular formula is C16H26FN. The third kappa shape index (κ3) is 5.63. The third-order valence-electron chi connectivity index (χ3n) is 3.35. The molecule has 0 aliphatic rings. The van der Waals surface area contributed by atoms with Crippen LogP contribution in [0.1, 0.15) is 64.0 Å². The fourth-order valence-electron chi connectivity index (χ4n) is 2.16. The van der Waals surface area contributed by atoms with Gasteiger partial charge in [-0.1, -0.05) is 57.2 Å². The van der Waals surface area contributed by atoms with E-state index in [4.69, 9.17) is 0 Å². The molecule has 0 saturated carbocycles. The molecule has 0 aliphatic heterocycles. The summed E-state index contributed by atoms with van der Waals surface area (Å²) in [5.41, 5.74) is 0.767. The maximum absolute atomic E-state index is 13.5. The molecule has 2 heteroatoms. The van der Waals surface area contributed by atoms with Crippen molar-refractivity contribution in [2.45, 2.75) is 58.4 Å². The smallest absolute Gasteiger partial charge is 0.127 e. The highest BCUT2D eigenvalue weighted by Crippen LogP contribution is 2.16. The lowest BCUT2D eigenvalue weighted by Gasteiger charge is -2.14. The molecule has 1 aromatic rings. The van der Waals surface area contributed by atoms with Gasteiger partial charge in [0.2, 0.25) is 0 Å². The lowest BCUT2D eigenvalue weighted by Crippen LogP contribution is -2.20. The van der Waals surface area contributed by atoms with Crippen LogP contribution >= 0.6 is 0 Å². The molecule has 1 rings (SSSR count). The van der Waals surface area contributed by atoms with Gasteiger partial charge in [0.1, 0.15) is 5.82 Å². The monoisotopic (exact) mass is 251 g/mol. The molecule has 0 radical (unpaired) electrons.